The van der Waals surface area contributed by atoms with E-state index in [-0.39, 0.29) is 13.0 Å². The lowest BCUT2D eigenvalue weighted by atomic mass is 10.00. The highest BCUT2D eigenvalue weighted by Crippen LogP contribution is 2.57. The van der Waals surface area contributed by atoms with Gasteiger partial charge in [-0.2, -0.15) is 4.31 Å². The normalized spacial score (nSPS) is 15.3. The highest BCUT2D eigenvalue weighted by Gasteiger charge is 2.32. The molecule has 0 radical (unpaired) electrons. The predicted molar refractivity (Wildman–Crippen MR) is 106 cm³/mol. The van der Waals surface area contributed by atoms with Crippen LogP contribution in [0.2, 0.25) is 0 Å². The molecule has 2 unspecified atom stereocenters. The van der Waals surface area contributed by atoms with Crippen molar-refractivity contribution in [2.24, 2.45) is 0 Å². The Morgan fingerprint density at radius 3 is 2.48 bits per heavy atom. The summed E-state index contributed by atoms with van der Waals surface area (Å²) in [6.07, 6.45) is 1.45. The Bertz CT molecular complexity index is 975. The molecule has 0 bridgehead atoms. The van der Waals surface area contributed by atoms with Crippen molar-refractivity contribution in [3.63, 3.8) is 0 Å². The Kier molecular flexibility index (Phi) is 7.72. The first-order valence-corrected chi connectivity index (χ1v) is 12.2. The molecule has 2 aromatic heterocycles. The van der Waals surface area contributed by atoms with Crippen molar-refractivity contribution in [1.82, 2.24) is 9.97 Å². The first-order valence-electron chi connectivity index (χ1n) is 8.40. The third kappa shape index (κ3) is 6.92. The summed E-state index contributed by atoms with van der Waals surface area (Å²) in [7, 11) is -10.1. The fraction of sp³-hybridized carbons (Fsp3) is 0.467. The Balaban J connectivity index is 2.19. The minimum Gasteiger partial charge on any atom is -0.388 e. The minimum atomic E-state index is -5.17. The highest BCUT2D eigenvalue weighted by atomic mass is 32.1. The second kappa shape index (κ2) is 9.30. The molecule has 2 heterocycles. The average molecular weight is 467 g/mol. The zero-order valence-electron chi connectivity index (χ0n) is 16.0. The fourth-order valence-electron chi connectivity index (χ4n) is 2.67. The van der Waals surface area contributed by atoms with Crippen molar-refractivity contribution in [1.29, 1.82) is 0 Å². The molecule has 0 spiro atoms. The van der Waals surface area contributed by atoms with Gasteiger partial charge in [0.25, 0.3) is 0 Å². The molecule has 0 saturated heterocycles. The van der Waals surface area contributed by atoms with E-state index >= 15 is 0 Å². The van der Waals surface area contributed by atoms with Crippen LogP contribution in [0.1, 0.15) is 45.3 Å². The summed E-state index contributed by atoms with van der Waals surface area (Å²) in [4.78, 5) is 36.4. The van der Waals surface area contributed by atoms with Gasteiger partial charge in [0.1, 0.15) is 11.6 Å². The van der Waals surface area contributed by atoms with E-state index in [1.807, 2.05) is 6.92 Å². The van der Waals surface area contributed by atoms with Gasteiger partial charge in [0, 0.05) is 34.4 Å². The summed E-state index contributed by atoms with van der Waals surface area (Å²) in [6.45, 7) is 4.87. The van der Waals surface area contributed by atoms with E-state index < -0.39 is 21.7 Å². The number of nitrogen functional groups attached to an aromatic ring is 1. The number of thiophene rings is 1. The molecule has 11 nitrogen and oxygen atoms in total. The number of aromatic nitrogens is 2. The molecule has 0 fully saturated rings. The first-order chi connectivity index (χ1) is 13.3. The van der Waals surface area contributed by atoms with Crippen molar-refractivity contribution >= 4 is 32.8 Å². The van der Waals surface area contributed by atoms with Crippen LogP contribution in [0.5, 0.6) is 0 Å². The number of anilines is 1. The SMILES string of the molecule is Cc1ncc(Cc2c(C(C)O)sc(CCOP(=O)(O)OP(=O)(O)O)c2C)c(N)n1. The second-order valence-corrected chi connectivity index (χ2v) is 10.3. The molecule has 0 saturated carbocycles. The molecule has 0 aliphatic rings. The summed E-state index contributed by atoms with van der Waals surface area (Å²) >= 11 is 1.31. The van der Waals surface area contributed by atoms with E-state index in [0.717, 1.165) is 16.0 Å². The summed E-state index contributed by atoms with van der Waals surface area (Å²) in [5.41, 5.74) is 8.36. The van der Waals surface area contributed by atoms with Crippen LogP contribution in [-0.4, -0.2) is 36.4 Å². The number of aryl methyl sites for hydroxylation is 1. The van der Waals surface area contributed by atoms with Gasteiger partial charge in [-0.25, -0.2) is 19.1 Å². The zero-order valence-corrected chi connectivity index (χ0v) is 18.6. The van der Waals surface area contributed by atoms with Crippen LogP contribution >= 0.6 is 27.0 Å². The van der Waals surface area contributed by atoms with Gasteiger partial charge >= 0.3 is 15.6 Å². The van der Waals surface area contributed by atoms with E-state index in [1.54, 1.807) is 20.0 Å². The van der Waals surface area contributed by atoms with E-state index in [1.165, 1.54) is 11.3 Å². The molecule has 0 aromatic carbocycles. The second-order valence-electron chi connectivity index (χ2n) is 6.30. The minimum absolute atomic E-state index is 0.172. The Morgan fingerprint density at radius 1 is 1.28 bits per heavy atom. The predicted octanol–water partition coefficient (Wildman–Crippen LogP) is 2.15. The molecule has 0 aliphatic heterocycles. The largest absolute Gasteiger partial charge is 0.481 e. The number of hydrogen-bond acceptors (Lipinski definition) is 9. The monoisotopic (exact) mass is 467 g/mol. The number of aliphatic hydroxyl groups is 1. The van der Waals surface area contributed by atoms with Crippen LogP contribution in [0.4, 0.5) is 5.82 Å². The molecule has 6 N–H and O–H groups in total. The molecular weight excluding hydrogens is 444 g/mol. The topological polar surface area (TPSA) is 185 Å². The van der Waals surface area contributed by atoms with Crippen molar-refractivity contribution in [2.45, 2.75) is 39.7 Å². The van der Waals surface area contributed by atoms with E-state index in [9.17, 15) is 19.1 Å². The maximum Gasteiger partial charge on any atom is 0.481 e. The molecule has 29 heavy (non-hydrogen) atoms. The summed E-state index contributed by atoms with van der Waals surface area (Å²) in [5, 5.41) is 10.1. The Hall–Kier alpha value is -1.20. The maximum absolute atomic E-state index is 11.5. The van der Waals surface area contributed by atoms with Crippen molar-refractivity contribution in [2.75, 3.05) is 12.3 Å². The number of rotatable bonds is 9. The van der Waals surface area contributed by atoms with Crippen LogP contribution in [0.3, 0.4) is 0 Å². The molecule has 162 valence electrons. The Labute approximate surface area is 171 Å². The van der Waals surface area contributed by atoms with Gasteiger partial charge in [0.15, 0.2) is 0 Å². The van der Waals surface area contributed by atoms with Crippen LogP contribution in [0.25, 0.3) is 0 Å². The summed E-state index contributed by atoms with van der Waals surface area (Å²) in [6, 6.07) is 0. The molecule has 0 amide bonds. The van der Waals surface area contributed by atoms with Gasteiger partial charge in [-0.1, -0.05) is 0 Å². The van der Waals surface area contributed by atoms with Crippen LogP contribution < -0.4 is 5.73 Å². The van der Waals surface area contributed by atoms with E-state index in [2.05, 4.69) is 18.8 Å². The number of phosphoric ester groups is 1. The first kappa shape index (κ1) is 24.1. The number of nitrogens with two attached hydrogens (primary N) is 1. The van der Waals surface area contributed by atoms with Gasteiger partial charge in [0.2, 0.25) is 0 Å². The summed E-state index contributed by atoms with van der Waals surface area (Å²) < 4.78 is 30.6. The number of nitrogens with zero attached hydrogens (tertiary/aromatic N) is 2. The van der Waals surface area contributed by atoms with Gasteiger partial charge < -0.3 is 25.5 Å². The van der Waals surface area contributed by atoms with Gasteiger partial charge in [-0.05, 0) is 31.9 Å². The maximum atomic E-state index is 11.5. The van der Waals surface area contributed by atoms with E-state index in [0.29, 0.717) is 28.5 Å². The molecule has 2 rings (SSSR count). The molecule has 2 atom stereocenters. The number of aliphatic hydroxyl groups excluding tert-OH is 1. The lowest BCUT2D eigenvalue weighted by Gasteiger charge is -2.12. The van der Waals surface area contributed by atoms with Crippen molar-refractivity contribution in [3.05, 3.63) is 38.5 Å². The molecular formula is C15H23N3O8P2S. The van der Waals surface area contributed by atoms with Crippen LogP contribution in [0.15, 0.2) is 6.20 Å². The fourth-order valence-corrected chi connectivity index (χ4v) is 5.50. The van der Waals surface area contributed by atoms with Crippen molar-refractivity contribution < 1.29 is 37.8 Å². The molecule has 14 heteroatoms. The van der Waals surface area contributed by atoms with E-state index in [4.69, 9.17) is 15.5 Å². The van der Waals surface area contributed by atoms with Crippen LogP contribution in [0, 0.1) is 13.8 Å². The summed E-state index contributed by atoms with van der Waals surface area (Å²) in [5.74, 6) is 0.896. The highest BCUT2D eigenvalue weighted by molar-refractivity contribution is 7.60. The lowest BCUT2D eigenvalue weighted by Crippen LogP contribution is -2.04. The Morgan fingerprint density at radius 2 is 1.93 bits per heavy atom. The average Bonchev–Trinajstić information content (AvgIpc) is 2.84. The number of hydrogen-bond donors (Lipinski definition) is 5. The third-order valence-corrected chi connectivity index (χ3v) is 7.71. The molecule has 0 aliphatic carbocycles. The number of phosphoric acid groups is 2. The van der Waals surface area contributed by atoms with Gasteiger partial charge in [-0.3, -0.25) is 4.52 Å². The smallest absolute Gasteiger partial charge is 0.388 e. The van der Waals surface area contributed by atoms with Crippen LogP contribution in [-0.2, 0) is 30.8 Å². The third-order valence-electron chi connectivity index (χ3n) is 3.96. The standard InChI is InChI=1S/C15H23N3O8P2S/c1-8-12(6-11-7-17-10(3)18-15(11)16)14(9(2)19)29-13(8)4-5-25-28(23,24)26-27(20,21)22/h7,9,19H,4-6H2,1-3H3,(H,23,24)(H2,16,17,18)(H2,20,21,22). The van der Waals surface area contributed by atoms with Crippen molar-refractivity contribution in [3.8, 4) is 0 Å². The molecule has 2 aromatic rings. The quantitative estimate of drug-likeness (QED) is 0.340. The zero-order chi connectivity index (χ0) is 22.0. The lowest BCUT2D eigenvalue weighted by molar-refractivity contribution is 0.180. The van der Waals surface area contributed by atoms with Gasteiger partial charge in [0.05, 0.1) is 12.7 Å². The van der Waals surface area contributed by atoms with Gasteiger partial charge in [-0.15, -0.1) is 11.3 Å².